The van der Waals surface area contributed by atoms with Crippen LogP contribution in [-0.4, -0.2) is 18.0 Å². The number of amides is 1. The third-order valence-corrected chi connectivity index (χ3v) is 4.78. The van der Waals surface area contributed by atoms with E-state index in [0.29, 0.717) is 0 Å². The van der Waals surface area contributed by atoms with Gasteiger partial charge in [0.1, 0.15) is 17.5 Å². The minimum Gasteiger partial charge on any atom is -0.404 e. The molecule has 1 amide bonds. The fourth-order valence-corrected chi connectivity index (χ4v) is 2.72. The molecule has 0 saturated carbocycles. The second-order valence-electron chi connectivity index (χ2n) is 7.54. The van der Waals surface area contributed by atoms with Crippen molar-refractivity contribution in [1.29, 1.82) is 10.7 Å². The summed E-state index contributed by atoms with van der Waals surface area (Å²) in [5.41, 5.74) is 11.4. The first-order valence-corrected chi connectivity index (χ1v) is 9.62. The number of nitriles is 1. The summed E-state index contributed by atoms with van der Waals surface area (Å²) in [4.78, 5) is 16.5. The number of carbonyl (C=O) groups is 1. The molecule has 7 nitrogen and oxygen atoms in total. The van der Waals surface area contributed by atoms with Crippen LogP contribution in [0.15, 0.2) is 53.2 Å². The Hall–Kier alpha value is -4.06. The van der Waals surface area contributed by atoms with Gasteiger partial charge in [-0.3, -0.25) is 15.2 Å². The zero-order valence-corrected chi connectivity index (χ0v) is 17.7. The van der Waals surface area contributed by atoms with E-state index in [-0.39, 0.29) is 23.2 Å². The standard InChI is InChI=1S/C23H24F2N6O/c1-23(2,13-27)17-5-3-14(4-6-17)10-30-11-16(9-26)22(32)31-12-18-19(24)7-15(21(28)29)8-20(18)25/h3-9,11H,10,12,26H2,1-2H3,(H3,28,29)(H,31,32)/b16-9+,30-11?. The maximum atomic E-state index is 14.1. The van der Waals surface area contributed by atoms with Crippen LogP contribution in [0.25, 0.3) is 0 Å². The van der Waals surface area contributed by atoms with Gasteiger partial charge in [0.05, 0.1) is 23.6 Å². The third kappa shape index (κ3) is 5.98. The highest BCUT2D eigenvalue weighted by Gasteiger charge is 2.19. The Morgan fingerprint density at radius 1 is 1.25 bits per heavy atom. The first-order valence-electron chi connectivity index (χ1n) is 9.62. The van der Waals surface area contributed by atoms with E-state index in [9.17, 15) is 18.8 Å². The predicted octanol–water partition coefficient (Wildman–Crippen LogP) is 2.78. The van der Waals surface area contributed by atoms with E-state index >= 15 is 0 Å². The van der Waals surface area contributed by atoms with E-state index < -0.39 is 35.3 Å². The van der Waals surface area contributed by atoms with Crippen LogP contribution in [0, 0.1) is 28.4 Å². The van der Waals surface area contributed by atoms with Crippen LogP contribution in [0.2, 0.25) is 0 Å². The van der Waals surface area contributed by atoms with Crippen LogP contribution in [0.3, 0.4) is 0 Å². The van der Waals surface area contributed by atoms with Gasteiger partial charge in [0, 0.05) is 30.1 Å². The fraction of sp³-hybridized carbons (Fsp3) is 0.217. The number of nitrogens with one attached hydrogen (secondary N) is 2. The number of aliphatic imine (C=N–C) groups is 1. The maximum absolute atomic E-state index is 14.1. The number of hydrogen-bond donors (Lipinski definition) is 4. The minimum atomic E-state index is -0.925. The molecule has 9 heteroatoms. The Kier molecular flexibility index (Phi) is 7.80. The highest BCUT2D eigenvalue weighted by molar-refractivity contribution is 6.12. The van der Waals surface area contributed by atoms with Gasteiger partial charge in [0.2, 0.25) is 0 Å². The largest absolute Gasteiger partial charge is 0.404 e. The third-order valence-electron chi connectivity index (χ3n) is 4.78. The summed E-state index contributed by atoms with van der Waals surface area (Å²) in [7, 11) is 0. The second kappa shape index (κ2) is 10.3. The second-order valence-corrected chi connectivity index (χ2v) is 7.54. The summed E-state index contributed by atoms with van der Waals surface area (Å²) in [5.74, 6) is -2.97. The van der Waals surface area contributed by atoms with Gasteiger partial charge in [-0.25, -0.2) is 8.78 Å². The number of benzene rings is 2. The molecular formula is C23H24F2N6O. The van der Waals surface area contributed by atoms with Crippen molar-refractivity contribution in [1.82, 2.24) is 5.32 Å². The summed E-state index contributed by atoms with van der Waals surface area (Å²) in [6, 6.07) is 11.5. The maximum Gasteiger partial charge on any atom is 0.254 e. The number of hydrogen-bond acceptors (Lipinski definition) is 5. The van der Waals surface area contributed by atoms with E-state index in [1.54, 1.807) is 0 Å². The summed E-state index contributed by atoms with van der Waals surface area (Å²) < 4.78 is 28.2. The van der Waals surface area contributed by atoms with Crippen molar-refractivity contribution in [2.75, 3.05) is 0 Å². The first-order chi connectivity index (χ1) is 15.1. The molecule has 0 aliphatic carbocycles. The van der Waals surface area contributed by atoms with Crippen molar-refractivity contribution >= 4 is 18.0 Å². The molecule has 2 aromatic carbocycles. The number of carbonyl (C=O) groups excluding carboxylic acids is 1. The lowest BCUT2D eigenvalue weighted by molar-refractivity contribution is -0.117. The van der Waals surface area contributed by atoms with Crippen LogP contribution in [0.1, 0.15) is 36.1 Å². The highest BCUT2D eigenvalue weighted by Crippen LogP contribution is 2.22. The first kappa shape index (κ1) is 24.2. The van der Waals surface area contributed by atoms with Gasteiger partial charge in [-0.05, 0) is 37.1 Å². The van der Waals surface area contributed by atoms with E-state index in [1.807, 2.05) is 38.1 Å². The zero-order valence-electron chi connectivity index (χ0n) is 17.7. The molecule has 2 rings (SSSR count). The van der Waals surface area contributed by atoms with Gasteiger partial charge in [0.15, 0.2) is 0 Å². The zero-order chi connectivity index (χ0) is 23.9. The summed E-state index contributed by atoms with van der Waals surface area (Å²) in [6.45, 7) is 3.50. The number of rotatable bonds is 8. The smallest absolute Gasteiger partial charge is 0.254 e. The molecule has 32 heavy (non-hydrogen) atoms. The van der Waals surface area contributed by atoms with Crippen molar-refractivity contribution in [3.8, 4) is 6.07 Å². The molecule has 166 valence electrons. The molecule has 0 aliphatic rings. The Balaban J connectivity index is 2.00. The molecule has 0 fully saturated rings. The van der Waals surface area contributed by atoms with Crippen molar-refractivity contribution in [3.63, 3.8) is 0 Å². The number of amidine groups is 1. The minimum absolute atomic E-state index is 0.0217. The number of nitrogen functional groups attached to an aromatic ring is 1. The molecule has 0 unspecified atom stereocenters. The van der Waals surface area contributed by atoms with E-state index in [0.717, 1.165) is 29.5 Å². The average Bonchev–Trinajstić information content (AvgIpc) is 2.76. The molecule has 0 aromatic heterocycles. The molecular weight excluding hydrogens is 414 g/mol. The van der Waals surface area contributed by atoms with E-state index in [1.165, 1.54) is 6.21 Å². The van der Waals surface area contributed by atoms with Gasteiger partial charge in [-0.15, -0.1) is 0 Å². The van der Waals surface area contributed by atoms with Crippen molar-refractivity contribution in [2.24, 2.45) is 16.5 Å². The Bertz CT molecular complexity index is 1090. The lowest BCUT2D eigenvalue weighted by Crippen LogP contribution is -2.27. The number of nitrogens with two attached hydrogens (primary N) is 2. The van der Waals surface area contributed by atoms with Gasteiger partial charge in [0.25, 0.3) is 5.91 Å². The topological polar surface area (TPSA) is 141 Å². The quantitative estimate of drug-likeness (QED) is 0.286. The van der Waals surface area contributed by atoms with Gasteiger partial charge in [-0.1, -0.05) is 24.3 Å². The molecule has 0 spiro atoms. The van der Waals surface area contributed by atoms with Crippen LogP contribution >= 0.6 is 0 Å². The summed E-state index contributed by atoms with van der Waals surface area (Å²) >= 11 is 0. The predicted molar refractivity (Wildman–Crippen MR) is 119 cm³/mol. The van der Waals surface area contributed by atoms with Crippen molar-refractivity contribution < 1.29 is 13.6 Å². The van der Waals surface area contributed by atoms with Crippen LogP contribution in [0.5, 0.6) is 0 Å². The molecule has 0 atom stereocenters. The molecule has 2 aromatic rings. The average molecular weight is 438 g/mol. The lowest BCUT2D eigenvalue weighted by Gasteiger charge is -2.15. The van der Waals surface area contributed by atoms with Crippen molar-refractivity contribution in [2.45, 2.75) is 32.4 Å². The summed E-state index contributed by atoms with van der Waals surface area (Å²) in [6.07, 6.45) is 2.32. The Labute approximate surface area is 185 Å². The van der Waals surface area contributed by atoms with E-state index in [4.69, 9.17) is 16.9 Å². The van der Waals surface area contributed by atoms with Crippen molar-refractivity contribution in [3.05, 3.63) is 82.1 Å². The van der Waals surface area contributed by atoms with Crippen LogP contribution in [-0.2, 0) is 23.3 Å². The molecule has 0 heterocycles. The highest BCUT2D eigenvalue weighted by atomic mass is 19.1. The number of nitrogens with zero attached hydrogens (tertiary/aromatic N) is 2. The fourth-order valence-electron chi connectivity index (χ4n) is 2.72. The summed E-state index contributed by atoms with van der Waals surface area (Å²) in [5, 5.41) is 18.8. The van der Waals surface area contributed by atoms with E-state index in [2.05, 4.69) is 16.4 Å². The SMILES string of the molecule is CC(C)(C#N)c1ccc(CN=C/C(=C\N)C(=O)NCc2c(F)cc(C(=N)N)cc2F)cc1. The molecule has 0 radical (unpaired) electrons. The molecule has 0 bridgehead atoms. The Morgan fingerprint density at radius 2 is 1.84 bits per heavy atom. The van der Waals surface area contributed by atoms with Gasteiger partial charge >= 0.3 is 0 Å². The normalized spacial score (nSPS) is 11.9. The van der Waals surface area contributed by atoms with Gasteiger partial charge in [-0.2, -0.15) is 5.26 Å². The van der Waals surface area contributed by atoms with Crippen LogP contribution < -0.4 is 16.8 Å². The molecule has 6 N–H and O–H groups in total. The van der Waals surface area contributed by atoms with Gasteiger partial charge < -0.3 is 16.8 Å². The lowest BCUT2D eigenvalue weighted by atomic mass is 9.86. The monoisotopic (exact) mass is 438 g/mol. The molecule has 0 saturated heterocycles. The molecule has 0 aliphatic heterocycles. The Morgan fingerprint density at radius 3 is 2.34 bits per heavy atom. The number of halogens is 2. The van der Waals surface area contributed by atoms with Crippen LogP contribution in [0.4, 0.5) is 8.78 Å².